The zero-order chi connectivity index (χ0) is 25.7. The maximum Gasteiger partial charge on any atom is 0.220 e. The lowest BCUT2D eigenvalue weighted by Gasteiger charge is -2.16. The van der Waals surface area contributed by atoms with Gasteiger partial charge in [0.05, 0.1) is 12.1 Å². The number of hydrogen-bond donors (Lipinski definition) is 0. The van der Waals surface area contributed by atoms with Gasteiger partial charge in [0.25, 0.3) is 0 Å². The normalized spacial score (nSPS) is 11.8. The number of aryl methyl sites for hydroxylation is 1. The lowest BCUT2D eigenvalue weighted by Crippen LogP contribution is -2.11. The first-order valence-corrected chi connectivity index (χ1v) is 12.1. The predicted octanol–water partition coefficient (Wildman–Crippen LogP) is 6.07. The highest BCUT2D eigenvalue weighted by Gasteiger charge is 2.24. The standard InChI is InChI=1S/C25H22ClFN4O4S/c1-16-28-29-25(31(16)20-8-10-21(34-2)11-9-20)36-24(14-30(32)33)18-5-12-23(22(26)13-18)35-15-17-3-6-19(27)7-4-17/h3-13,24H,14-15H2,1-2H3/t24-/m1/s1. The molecule has 0 spiro atoms. The Morgan fingerprint density at radius 3 is 2.47 bits per heavy atom. The molecule has 0 aliphatic carbocycles. The van der Waals surface area contributed by atoms with Gasteiger partial charge in [0, 0.05) is 10.6 Å². The summed E-state index contributed by atoms with van der Waals surface area (Å²) < 4.78 is 25.9. The van der Waals surface area contributed by atoms with Gasteiger partial charge >= 0.3 is 0 Å². The van der Waals surface area contributed by atoms with E-state index in [-0.39, 0.29) is 23.9 Å². The first kappa shape index (κ1) is 25.5. The fourth-order valence-corrected chi connectivity index (χ4v) is 4.91. The van der Waals surface area contributed by atoms with Crippen LogP contribution in [0.5, 0.6) is 11.5 Å². The molecule has 0 N–H and O–H groups in total. The van der Waals surface area contributed by atoms with E-state index in [2.05, 4.69) is 10.2 Å². The molecule has 0 aliphatic rings. The quantitative estimate of drug-likeness (QED) is 0.140. The van der Waals surface area contributed by atoms with Gasteiger partial charge in [-0.3, -0.25) is 14.7 Å². The number of rotatable bonds is 10. The molecule has 1 atom stereocenters. The molecule has 8 nitrogen and oxygen atoms in total. The molecule has 0 amide bonds. The van der Waals surface area contributed by atoms with Gasteiger partial charge in [0.1, 0.15) is 35.0 Å². The predicted molar refractivity (Wildman–Crippen MR) is 135 cm³/mol. The third kappa shape index (κ3) is 6.13. The highest BCUT2D eigenvalue weighted by Crippen LogP contribution is 2.39. The molecule has 11 heteroatoms. The monoisotopic (exact) mass is 528 g/mol. The highest BCUT2D eigenvalue weighted by molar-refractivity contribution is 7.99. The first-order valence-electron chi connectivity index (χ1n) is 10.9. The average molecular weight is 529 g/mol. The van der Waals surface area contributed by atoms with Gasteiger partial charge in [0.2, 0.25) is 6.54 Å². The number of thioether (sulfide) groups is 1. The molecule has 1 aromatic heterocycles. The number of nitro groups is 1. The van der Waals surface area contributed by atoms with Crippen LogP contribution in [0.2, 0.25) is 5.02 Å². The SMILES string of the molecule is COc1ccc(-n2c(C)nnc2S[C@H](C[N+](=O)[O-])c2ccc(OCc3ccc(F)cc3)c(Cl)c2)cc1. The number of nitrogens with zero attached hydrogens (tertiary/aromatic N) is 4. The second-order valence-corrected chi connectivity index (χ2v) is 9.37. The number of halogens is 2. The van der Waals surface area contributed by atoms with E-state index in [0.29, 0.717) is 33.1 Å². The molecule has 4 rings (SSSR count). The van der Waals surface area contributed by atoms with Crippen LogP contribution in [0.15, 0.2) is 71.9 Å². The van der Waals surface area contributed by atoms with E-state index in [0.717, 1.165) is 11.3 Å². The van der Waals surface area contributed by atoms with Gasteiger partial charge in [0.15, 0.2) is 5.16 Å². The smallest absolute Gasteiger partial charge is 0.220 e. The molecule has 0 fully saturated rings. The van der Waals surface area contributed by atoms with Crippen molar-refractivity contribution in [3.63, 3.8) is 0 Å². The van der Waals surface area contributed by atoms with Crippen LogP contribution in [-0.2, 0) is 6.61 Å². The maximum absolute atomic E-state index is 13.1. The fraction of sp³-hybridized carbons (Fsp3) is 0.200. The van der Waals surface area contributed by atoms with E-state index < -0.39 is 5.25 Å². The van der Waals surface area contributed by atoms with E-state index in [1.165, 1.54) is 23.9 Å². The molecular formula is C25H22ClFN4O4S. The van der Waals surface area contributed by atoms with Gasteiger partial charge < -0.3 is 9.47 Å². The minimum Gasteiger partial charge on any atom is -0.497 e. The molecule has 4 aromatic rings. The topological polar surface area (TPSA) is 92.3 Å². The summed E-state index contributed by atoms with van der Waals surface area (Å²) in [4.78, 5) is 11.1. The second kappa shape index (κ2) is 11.4. The van der Waals surface area contributed by atoms with E-state index >= 15 is 0 Å². The number of benzene rings is 3. The third-order valence-electron chi connectivity index (χ3n) is 5.32. The number of hydrogen-bond acceptors (Lipinski definition) is 7. The Labute approximate surface area is 216 Å². The summed E-state index contributed by atoms with van der Waals surface area (Å²) >= 11 is 7.69. The summed E-state index contributed by atoms with van der Waals surface area (Å²) in [6.45, 7) is 1.68. The van der Waals surface area contributed by atoms with E-state index in [9.17, 15) is 14.5 Å². The number of methoxy groups -OCH3 is 1. The van der Waals surface area contributed by atoms with Gasteiger partial charge in [-0.05, 0) is 66.6 Å². The molecule has 0 bridgehead atoms. The van der Waals surface area contributed by atoms with Crippen molar-refractivity contribution < 1.29 is 18.8 Å². The van der Waals surface area contributed by atoms with Gasteiger partial charge in [-0.2, -0.15) is 0 Å². The van der Waals surface area contributed by atoms with E-state index in [1.54, 1.807) is 37.4 Å². The molecule has 1 heterocycles. The van der Waals surface area contributed by atoms with Crippen molar-refractivity contribution in [3.8, 4) is 17.2 Å². The maximum atomic E-state index is 13.1. The van der Waals surface area contributed by atoms with Crippen LogP contribution in [0, 0.1) is 22.9 Å². The van der Waals surface area contributed by atoms with Crippen LogP contribution in [0.1, 0.15) is 22.2 Å². The summed E-state index contributed by atoms with van der Waals surface area (Å²) in [6, 6.07) is 18.4. The third-order valence-corrected chi connectivity index (χ3v) is 6.80. The lowest BCUT2D eigenvalue weighted by molar-refractivity contribution is -0.479. The summed E-state index contributed by atoms with van der Waals surface area (Å²) in [5, 5.41) is 20.2. The van der Waals surface area contributed by atoms with Gasteiger partial charge in [-0.1, -0.05) is 41.6 Å². The van der Waals surface area contributed by atoms with Crippen LogP contribution in [-0.4, -0.2) is 33.3 Å². The second-order valence-electron chi connectivity index (χ2n) is 7.79. The van der Waals surface area contributed by atoms with Crippen LogP contribution in [0.3, 0.4) is 0 Å². The van der Waals surface area contributed by atoms with Crippen molar-refractivity contribution in [2.24, 2.45) is 0 Å². The minimum absolute atomic E-state index is 0.205. The summed E-state index contributed by atoms with van der Waals surface area (Å²) in [5.41, 5.74) is 2.24. The molecule has 36 heavy (non-hydrogen) atoms. The lowest BCUT2D eigenvalue weighted by atomic mass is 10.1. The van der Waals surface area contributed by atoms with Gasteiger partial charge in [-0.25, -0.2) is 4.39 Å². The van der Waals surface area contributed by atoms with Crippen LogP contribution in [0.4, 0.5) is 4.39 Å². The Balaban J connectivity index is 1.56. The molecule has 0 unspecified atom stereocenters. The van der Waals surface area contributed by atoms with Crippen molar-refractivity contribution in [3.05, 3.63) is 105 Å². The number of aromatic nitrogens is 3. The summed E-state index contributed by atoms with van der Waals surface area (Å²) in [5.74, 6) is 1.45. The molecule has 0 saturated carbocycles. The Bertz CT molecular complexity index is 1350. The van der Waals surface area contributed by atoms with Crippen LogP contribution < -0.4 is 9.47 Å². The van der Waals surface area contributed by atoms with Crippen molar-refractivity contribution >= 4 is 23.4 Å². The Morgan fingerprint density at radius 1 is 1.11 bits per heavy atom. The Hall–Kier alpha value is -3.63. The van der Waals surface area contributed by atoms with Crippen molar-refractivity contribution in [1.82, 2.24) is 14.8 Å². The van der Waals surface area contributed by atoms with Crippen molar-refractivity contribution in [2.45, 2.75) is 23.9 Å². The van der Waals surface area contributed by atoms with Crippen molar-refractivity contribution in [1.29, 1.82) is 0 Å². The van der Waals surface area contributed by atoms with Crippen LogP contribution in [0.25, 0.3) is 5.69 Å². The van der Waals surface area contributed by atoms with E-state index in [4.69, 9.17) is 21.1 Å². The van der Waals surface area contributed by atoms with Crippen LogP contribution >= 0.6 is 23.4 Å². The fourth-order valence-electron chi connectivity index (χ4n) is 3.50. The molecule has 3 aromatic carbocycles. The molecule has 186 valence electrons. The summed E-state index contributed by atoms with van der Waals surface area (Å²) in [6.07, 6.45) is 0. The minimum atomic E-state index is -0.579. The molecule has 0 saturated heterocycles. The first-order chi connectivity index (χ1) is 17.3. The molecule has 0 radical (unpaired) electrons. The molecular weight excluding hydrogens is 507 g/mol. The summed E-state index contributed by atoms with van der Waals surface area (Å²) in [7, 11) is 1.59. The highest BCUT2D eigenvalue weighted by atomic mass is 35.5. The number of ether oxygens (including phenoxy) is 2. The van der Waals surface area contributed by atoms with E-state index in [1.807, 2.05) is 35.8 Å². The zero-order valence-electron chi connectivity index (χ0n) is 19.4. The molecule has 0 aliphatic heterocycles. The van der Waals surface area contributed by atoms with Gasteiger partial charge in [-0.15, -0.1) is 10.2 Å². The Morgan fingerprint density at radius 2 is 1.83 bits per heavy atom. The average Bonchev–Trinajstić information content (AvgIpc) is 3.23. The largest absolute Gasteiger partial charge is 0.497 e. The van der Waals surface area contributed by atoms with Crippen molar-refractivity contribution in [2.75, 3.05) is 13.7 Å². The Kier molecular flexibility index (Phi) is 8.07. The zero-order valence-corrected chi connectivity index (χ0v) is 21.0.